The third-order valence-electron chi connectivity index (χ3n) is 5.09. The Morgan fingerprint density at radius 2 is 1.89 bits per heavy atom. The topological polar surface area (TPSA) is 66.3 Å². The second-order valence-corrected chi connectivity index (χ2v) is 7.01. The molecule has 1 unspecified atom stereocenters. The normalized spacial score (nSPS) is 15.3. The van der Waals surface area contributed by atoms with Gasteiger partial charge in [0.05, 0.1) is 14.2 Å². The Hall–Kier alpha value is -1.95. The van der Waals surface area contributed by atoms with Gasteiger partial charge in [-0.05, 0) is 55.4 Å². The quantitative estimate of drug-likeness (QED) is 0.512. The van der Waals surface area contributed by atoms with Crippen LogP contribution in [0.2, 0.25) is 0 Å². The molecule has 1 heterocycles. The number of guanidine groups is 1. The number of benzene rings is 1. The molecular formula is C21H35N3O3. The van der Waals surface area contributed by atoms with E-state index < -0.39 is 0 Å². The highest BCUT2D eigenvalue weighted by Crippen LogP contribution is 2.33. The Morgan fingerprint density at radius 3 is 2.48 bits per heavy atom. The Labute approximate surface area is 163 Å². The minimum absolute atomic E-state index is 0.232. The van der Waals surface area contributed by atoms with Crippen LogP contribution in [0.3, 0.4) is 0 Å². The summed E-state index contributed by atoms with van der Waals surface area (Å²) in [7, 11) is 3.35. The number of aliphatic imine (C=N–C) groups is 1. The van der Waals surface area contributed by atoms with Gasteiger partial charge in [-0.25, -0.2) is 0 Å². The summed E-state index contributed by atoms with van der Waals surface area (Å²) in [5, 5.41) is 12.7. The van der Waals surface area contributed by atoms with Crippen LogP contribution in [0.4, 0.5) is 0 Å². The fraction of sp³-hybridized carbons (Fsp3) is 0.667. The minimum Gasteiger partial charge on any atom is -0.493 e. The standard InChI is InChI=1S/C21H35N3O3/c1-5-7-16(9-11-25)14-23-21(22-6-2)24-10-8-17-12-19(26-3)20(27-4)13-18(17)15-24/h12-13,16,25H,5-11,14-15H2,1-4H3,(H,22,23). The second kappa shape index (κ2) is 11.0. The summed E-state index contributed by atoms with van der Waals surface area (Å²) >= 11 is 0. The van der Waals surface area contributed by atoms with Crippen molar-refractivity contribution in [2.75, 3.05) is 40.5 Å². The van der Waals surface area contributed by atoms with E-state index in [0.717, 1.165) is 69.3 Å². The van der Waals surface area contributed by atoms with Gasteiger partial charge in [0.1, 0.15) is 0 Å². The summed E-state index contributed by atoms with van der Waals surface area (Å²) in [4.78, 5) is 7.19. The predicted molar refractivity (Wildman–Crippen MR) is 110 cm³/mol. The lowest BCUT2D eigenvalue weighted by Crippen LogP contribution is -2.44. The van der Waals surface area contributed by atoms with Crippen molar-refractivity contribution in [3.05, 3.63) is 23.3 Å². The molecule has 0 fully saturated rings. The van der Waals surface area contributed by atoms with E-state index in [1.165, 1.54) is 11.1 Å². The van der Waals surface area contributed by atoms with Crippen LogP contribution in [0.15, 0.2) is 17.1 Å². The molecule has 0 radical (unpaired) electrons. The summed E-state index contributed by atoms with van der Waals surface area (Å²) in [5.74, 6) is 2.95. The lowest BCUT2D eigenvalue weighted by atomic mass is 9.99. The van der Waals surface area contributed by atoms with Gasteiger partial charge in [0.25, 0.3) is 0 Å². The largest absolute Gasteiger partial charge is 0.493 e. The zero-order chi connectivity index (χ0) is 19.6. The molecule has 2 N–H and O–H groups in total. The molecule has 1 aromatic carbocycles. The molecule has 0 aliphatic carbocycles. The third kappa shape index (κ3) is 5.76. The van der Waals surface area contributed by atoms with Gasteiger partial charge in [-0.15, -0.1) is 0 Å². The van der Waals surface area contributed by atoms with Crippen molar-refractivity contribution in [1.82, 2.24) is 10.2 Å². The number of rotatable bonds is 9. The van der Waals surface area contributed by atoms with Gasteiger partial charge in [-0.1, -0.05) is 13.3 Å². The fourth-order valence-corrected chi connectivity index (χ4v) is 3.62. The number of aliphatic hydroxyl groups is 1. The van der Waals surface area contributed by atoms with Gasteiger partial charge in [-0.2, -0.15) is 0 Å². The summed E-state index contributed by atoms with van der Waals surface area (Å²) in [6, 6.07) is 4.17. The first-order valence-corrected chi connectivity index (χ1v) is 10.0. The van der Waals surface area contributed by atoms with E-state index in [9.17, 15) is 5.11 Å². The van der Waals surface area contributed by atoms with Crippen molar-refractivity contribution >= 4 is 5.96 Å². The Morgan fingerprint density at radius 1 is 1.19 bits per heavy atom. The SMILES string of the molecule is CCCC(CCO)CN=C(NCC)N1CCc2cc(OC)c(OC)cc2C1. The first kappa shape index (κ1) is 21.4. The zero-order valence-corrected chi connectivity index (χ0v) is 17.3. The molecule has 0 saturated heterocycles. The van der Waals surface area contributed by atoms with Crippen molar-refractivity contribution in [2.24, 2.45) is 10.9 Å². The van der Waals surface area contributed by atoms with Gasteiger partial charge in [0, 0.05) is 32.8 Å². The van der Waals surface area contributed by atoms with Crippen LogP contribution < -0.4 is 14.8 Å². The summed E-state index contributed by atoms with van der Waals surface area (Å²) in [6.45, 7) is 7.84. The van der Waals surface area contributed by atoms with Crippen molar-refractivity contribution in [1.29, 1.82) is 0 Å². The molecule has 1 aromatic rings. The van der Waals surface area contributed by atoms with Gasteiger partial charge in [0.2, 0.25) is 0 Å². The molecule has 27 heavy (non-hydrogen) atoms. The molecule has 1 aliphatic rings. The van der Waals surface area contributed by atoms with E-state index in [0.29, 0.717) is 5.92 Å². The average molecular weight is 378 g/mol. The number of nitrogens with zero attached hydrogens (tertiary/aromatic N) is 2. The van der Waals surface area contributed by atoms with Crippen LogP contribution >= 0.6 is 0 Å². The van der Waals surface area contributed by atoms with Crippen LogP contribution in [-0.4, -0.2) is 56.4 Å². The molecular weight excluding hydrogens is 342 g/mol. The molecule has 0 spiro atoms. The second-order valence-electron chi connectivity index (χ2n) is 7.01. The number of hydrogen-bond donors (Lipinski definition) is 2. The maximum atomic E-state index is 9.29. The first-order valence-electron chi connectivity index (χ1n) is 10.0. The van der Waals surface area contributed by atoms with E-state index in [1.807, 2.05) is 0 Å². The molecule has 0 bridgehead atoms. The van der Waals surface area contributed by atoms with Gasteiger partial charge in [-0.3, -0.25) is 4.99 Å². The number of aliphatic hydroxyl groups excluding tert-OH is 1. The van der Waals surface area contributed by atoms with E-state index in [2.05, 4.69) is 36.2 Å². The molecule has 0 saturated carbocycles. The van der Waals surface area contributed by atoms with Crippen molar-refractivity contribution in [3.8, 4) is 11.5 Å². The molecule has 6 nitrogen and oxygen atoms in total. The highest BCUT2D eigenvalue weighted by atomic mass is 16.5. The lowest BCUT2D eigenvalue weighted by Gasteiger charge is -2.32. The average Bonchev–Trinajstić information content (AvgIpc) is 2.69. The summed E-state index contributed by atoms with van der Waals surface area (Å²) in [6.07, 6.45) is 3.99. The molecule has 1 atom stereocenters. The number of ether oxygens (including phenoxy) is 2. The molecule has 0 aromatic heterocycles. The zero-order valence-electron chi connectivity index (χ0n) is 17.3. The number of fused-ring (bicyclic) bond motifs is 1. The molecule has 2 rings (SSSR count). The smallest absolute Gasteiger partial charge is 0.194 e. The van der Waals surface area contributed by atoms with Crippen LogP contribution in [-0.2, 0) is 13.0 Å². The maximum absolute atomic E-state index is 9.29. The third-order valence-corrected chi connectivity index (χ3v) is 5.09. The molecule has 6 heteroatoms. The van der Waals surface area contributed by atoms with Crippen LogP contribution in [0.1, 0.15) is 44.2 Å². The van der Waals surface area contributed by atoms with Crippen molar-refractivity contribution < 1.29 is 14.6 Å². The van der Waals surface area contributed by atoms with Crippen LogP contribution in [0.5, 0.6) is 11.5 Å². The maximum Gasteiger partial charge on any atom is 0.194 e. The Balaban J connectivity index is 2.16. The van der Waals surface area contributed by atoms with E-state index in [1.54, 1.807) is 14.2 Å². The number of hydrogen-bond acceptors (Lipinski definition) is 4. The van der Waals surface area contributed by atoms with E-state index in [-0.39, 0.29) is 6.61 Å². The highest BCUT2D eigenvalue weighted by Gasteiger charge is 2.22. The number of nitrogens with one attached hydrogen (secondary N) is 1. The Kier molecular flexibility index (Phi) is 8.72. The fourth-order valence-electron chi connectivity index (χ4n) is 3.62. The summed E-state index contributed by atoms with van der Waals surface area (Å²) in [5.41, 5.74) is 2.56. The summed E-state index contributed by atoms with van der Waals surface area (Å²) < 4.78 is 10.9. The number of methoxy groups -OCH3 is 2. The molecule has 152 valence electrons. The van der Waals surface area contributed by atoms with Gasteiger partial charge in [0.15, 0.2) is 17.5 Å². The van der Waals surface area contributed by atoms with E-state index in [4.69, 9.17) is 14.5 Å². The van der Waals surface area contributed by atoms with Crippen LogP contribution in [0, 0.1) is 5.92 Å². The van der Waals surface area contributed by atoms with Crippen LogP contribution in [0.25, 0.3) is 0 Å². The van der Waals surface area contributed by atoms with Gasteiger partial charge < -0.3 is 24.8 Å². The monoisotopic (exact) mass is 377 g/mol. The first-order chi connectivity index (χ1) is 13.2. The van der Waals surface area contributed by atoms with Crippen molar-refractivity contribution in [2.45, 2.75) is 46.1 Å². The Bertz CT molecular complexity index is 613. The van der Waals surface area contributed by atoms with E-state index >= 15 is 0 Å². The molecule has 1 aliphatic heterocycles. The lowest BCUT2D eigenvalue weighted by molar-refractivity contribution is 0.253. The highest BCUT2D eigenvalue weighted by molar-refractivity contribution is 5.80. The minimum atomic E-state index is 0.232. The van der Waals surface area contributed by atoms with Gasteiger partial charge >= 0.3 is 0 Å². The predicted octanol–water partition coefficient (Wildman–Crippen LogP) is 2.83. The molecule has 0 amide bonds. The van der Waals surface area contributed by atoms with Crippen molar-refractivity contribution in [3.63, 3.8) is 0 Å².